The second-order valence-electron chi connectivity index (χ2n) is 5.31. The summed E-state index contributed by atoms with van der Waals surface area (Å²) in [5.74, 6) is -1.94. The lowest BCUT2D eigenvalue weighted by Crippen LogP contribution is -2.24. The van der Waals surface area contributed by atoms with Crippen LogP contribution in [0.2, 0.25) is 0 Å². The van der Waals surface area contributed by atoms with Gasteiger partial charge in [0.1, 0.15) is 0 Å². The average Bonchev–Trinajstić information content (AvgIpc) is 2.98. The van der Waals surface area contributed by atoms with Gasteiger partial charge in [0.05, 0.1) is 6.54 Å². The number of nitrogens with zero attached hydrogens (tertiary/aromatic N) is 1. The fourth-order valence-electron chi connectivity index (χ4n) is 2.85. The molecule has 2 saturated heterocycles. The Morgan fingerprint density at radius 3 is 2.56 bits per heavy atom. The van der Waals surface area contributed by atoms with Crippen LogP contribution in [-0.4, -0.2) is 32.1 Å². The van der Waals surface area contributed by atoms with Crippen LogP contribution >= 0.6 is 0 Å². The van der Waals surface area contributed by atoms with Crippen molar-refractivity contribution in [2.24, 2.45) is 0 Å². The molecule has 4 heteroatoms. The summed E-state index contributed by atoms with van der Waals surface area (Å²) in [7, 11) is 0. The van der Waals surface area contributed by atoms with Crippen molar-refractivity contribution in [3.8, 4) is 0 Å². The molecule has 2 nitrogen and oxygen atoms in total. The maximum Gasteiger partial charge on any atom is 0.266 e. The number of halogens is 2. The third kappa shape index (κ3) is 2.34. The van der Waals surface area contributed by atoms with Gasteiger partial charge in [0.15, 0.2) is 0 Å². The van der Waals surface area contributed by atoms with Crippen LogP contribution in [0.5, 0.6) is 0 Å². The van der Waals surface area contributed by atoms with Crippen LogP contribution in [-0.2, 0) is 0 Å². The molecule has 2 aliphatic heterocycles. The summed E-state index contributed by atoms with van der Waals surface area (Å²) < 4.78 is 26.3. The maximum atomic E-state index is 13.2. The van der Waals surface area contributed by atoms with Crippen molar-refractivity contribution in [2.45, 2.75) is 24.7 Å². The van der Waals surface area contributed by atoms with Crippen molar-refractivity contribution in [1.82, 2.24) is 5.32 Å². The van der Waals surface area contributed by atoms with E-state index >= 15 is 0 Å². The van der Waals surface area contributed by atoms with E-state index in [1.54, 1.807) is 4.90 Å². The van der Waals surface area contributed by atoms with E-state index in [4.69, 9.17) is 0 Å². The minimum atomic E-state index is -2.52. The number of anilines is 1. The summed E-state index contributed by atoms with van der Waals surface area (Å²) in [5.41, 5.74) is 2.23. The number of rotatable bonds is 2. The fourth-order valence-corrected chi connectivity index (χ4v) is 2.85. The molecular weight excluding hydrogens is 234 g/mol. The standard InChI is InChI=1S/C14H18F2N2/c15-14(16)6-8-18(10-14)13-3-1-11(2-4-13)12-5-7-17-9-12/h1-4,12,17H,5-10H2. The van der Waals surface area contributed by atoms with Crippen molar-refractivity contribution >= 4 is 5.69 Å². The summed E-state index contributed by atoms with van der Waals surface area (Å²) in [6, 6.07) is 8.14. The van der Waals surface area contributed by atoms with Gasteiger partial charge in [-0.25, -0.2) is 8.78 Å². The van der Waals surface area contributed by atoms with Crippen molar-refractivity contribution in [1.29, 1.82) is 0 Å². The Morgan fingerprint density at radius 1 is 1.22 bits per heavy atom. The maximum absolute atomic E-state index is 13.2. The SMILES string of the molecule is FC1(F)CCN(c2ccc(C3CCNC3)cc2)C1. The van der Waals surface area contributed by atoms with Crippen LogP contribution < -0.4 is 10.2 Å². The zero-order valence-electron chi connectivity index (χ0n) is 10.3. The molecule has 0 spiro atoms. The first-order chi connectivity index (χ1) is 8.64. The van der Waals surface area contributed by atoms with E-state index in [9.17, 15) is 8.78 Å². The average molecular weight is 252 g/mol. The highest BCUT2D eigenvalue weighted by molar-refractivity contribution is 5.49. The molecule has 1 N–H and O–H groups in total. The number of nitrogens with one attached hydrogen (secondary N) is 1. The number of alkyl halides is 2. The molecule has 1 atom stereocenters. The lowest BCUT2D eigenvalue weighted by Gasteiger charge is -2.19. The molecule has 1 unspecified atom stereocenters. The molecule has 2 heterocycles. The van der Waals surface area contributed by atoms with Crippen LogP contribution in [0, 0.1) is 0 Å². The Kier molecular flexibility index (Phi) is 2.98. The molecule has 1 aromatic rings. The first-order valence-corrected chi connectivity index (χ1v) is 6.57. The van der Waals surface area contributed by atoms with Crippen LogP contribution in [0.3, 0.4) is 0 Å². The van der Waals surface area contributed by atoms with Gasteiger partial charge in [-0.1, -0.05) is 12.1 Å². The van der Waals surface area contributed by atoms with Gasteiger partial charge in [-0.05, 0) is 36.6 Å². The highest BCUT2D eigenvalue weighted by Gasteiger charge is 2.38. The minimum Gasteiger partial charge on any atom is -0.365 e. The van der Waals surface area contributed by atoms with Crippen molar-refractivity contribution in [2.75, 3.05) is 31.1 Å². The quantitative estimate of drug-likeness (QED) is 0.870. The van der Waals surface area contributed by atoms with Gasteiger partial charge in [0.25, 0.3) is 5.92 Å². The lowest BCUT2D eigenvalue weighted by molar-refractivity contribution is 0.0257. The van der Waals surface area contributed by atoms with Crippen LogP contribution in [0.4, 0.5) is 14.5 Å². The van der Waals surface area contributed by atoms with Crippen molar-refractivity contribution < 1.29 is 8.78 Å². The van der Waals surface area contributed by atoms with Gasteiger partial charge >= 0.3 is 0 Å². The predicted octanol–water partition coefficient (Wildman–Crippen LogP) is 2.61. The van der Waals surface area contributed by atoms with Crippen molar-refractivity contribution in [3.05, 3.63) is 29.8 Å². The third-order valence-corrected chi connectivity index (χ3v) is 3.96. The van der Waals surface area contributed by atoms with E-state index in [0.29, 0.717) is 12.5 Å². The fraction of sp³-hybridized carbons (Fsp3) is 0.571. The van der Waals surface area contributed by atoms with Crippen LogP contribution in [0.15, 0.2) is 24.3 Å². The molecular formula is C14H18F2N2. The highest BCUT2D eigenvalue weighted by Crippen LogP contribution is 2.32. The first-order valence-electron chi connectivity index (χ1n) is 6.57. The topological polar surface area (TPSA) is 15.3 Å². The summed E-state index contributed by atoms with van der Waals surface area (Å²) in [6.45, 7) is 2.42. The smallest absolute Gasteiger partial charge is 0.266 e. The Hall–Kier alpha value is -1.16. The summed E-state index contributed by atoms with van der Waals surface area (Å²) in [5, 5.41) is 3.34. The van der Waals surface area contributed by atoms with Gasteiger partial charge in [-0.15, -0.1) is 0 Å². The van der Waals surface area contributed by atoms with E-state index in [1.807, 2.05) is 12.1 Å². The van der Waals surface area contributed by atoms with Gasteiger partial charge in [-0.3, -0.25) is 0 Å². The molecule has 3 rings (SSSR count). The van der Waals surface area contributed by atoms with E-state index in [1.165, 1.54) is 12.0 Å². The predicted molar refractivity (Wildman–Crippen MR) is 68.4 cm³/mol. The number of hydrogen-bond acceptors (Lipinski definition) is 2. The number of hydrogen-bond donors (Lipinski definition) is 1. The monoisotopic (exact) mass is 252 g/mol. The molecule has 0 amide bonds. The zero-order chi connectivity index (χ0) is 12.6. The Morgan fingerprint density at radius 2 is 2.00 bits per heavy atom. The van der Waals surface area contributed by atoms with Crippen LogP contribution in [0.1, 0.15) is 24.3 Å². The van der Waals surface area contributed by atoms with E-state index in [0.717, 1.165) is 18.8 Å². The van der Waals surface area contributed by atoms with E-state index in [-0.39, 0.29) is 13.0 Å². The Balaban J connectivity index is 1.71. The molecule has 98 valence electrons. The molecule has 18 heavy (non-hydrogen) atoms. The van der Waals surface area contributed by atoms with E-state index < -0.39 is 5.92 Å². The van der Waals surface area contributed by atoms with E-state index in [2.05, 4.69) is 17.4 Å². The highest BCUT2D eigenvalue weighted by atomic mass is 19.3. The Labute approximate surface area is 106 Å². The van der Waals surface area contributed by atoms with Gasteiger partial charge in [0.2, 0.25) is 0 Å². The summed E-state index contributed by atoms with van der Waals surface area (Å²) in [6.07, 6.45) is 1.14. The van der Waals surface area contributed by atoms with Gasteiger partial charge in [0, 0.05) is 25.2 Å². The summed E-state index contributed by atoms with van der Waals surface area (Å²) >= 11 is 0. The molecule has 0 bridgehead atoms. The summed E-state index contributed by atoms with van der Waals surface area (Å²) in [4.78, 5) is 1.77. The van der Waals surface area contributed by atoms with Crippen molar-refractivity contribution in [3.63, 3.8) is 0 Å². The lowest BCUT2D eigenvalue weighted by atomic mass is 9.98. The largest absolute Gasteiger partial charge is 0.365 e. The van der Waals surface area contributed by atoms with Gasteiger partial charge < -0.3 is 10.2 Å². The molecule has 2 aliphatic rings. The zero-order valence-corrected chi connectivity index (χ0v) is 10.3. The number of benzene rings is 1. The molecule has 2 fully saturated rings. The molecule has 0 saturated carbocycles. The second kappa shape index (κ2) is 4.50. The second-order valence-corrected chi connectivity index (χ2v) is 5.31. The molecule has 0 aromatic heterocycles. The first kappa shape index (κ1) is 11.9. The normalized spacial score (nSPS) is 26.8. The molecule has 1 aromatic carbocycles. The Bertz CT molecular complexity index is 410. The molecule has 0 aliphatic carbocycles. The van der Waals surface area contributed by atoms with Gasteiger partial charge in [-0.2, -0.15) is 0 Å². The third-order valence-electron chi connectivity index (χ3n) is 3.96. The minimum absolute atomic E-state index is 0.0265. The van der Waals surface area contributed by atoms with Crippen LogP contribution in [0.25, 0.3) is 0 Å². The molecule has 0 radical (unpaired) electrons.